The third-order valence-corrected chi connectivity index (χ3v) is 5.88. The number of halogens is 1. The van der Waals surface area contributed by atoms with Gasteiger partial charge in [-0.3, -0.25) is 14.5 Å². The Morgan fingerprint density at radius 2 is 1.68 bits per heavy atom. The van der Waals surface area contributed by atoms with Gasteiger partial charge < -0.3 is 20.9 Å². The van der Waals surface area contributed by atoms with Gasteiger partial charge in [0, 0.05) is 55.9 Å². The molecular weight excluding hydrogens is 473 g/mol. The molecule has 0 aromatic heterocycles. The second kappa shape index (κ2) is 12.2. The average molecular weight is 512 g/mol. The number of amides is 4. The van der Waals surface area contributed by atoms with Crippen LogP contribution in [0.25, 0.3) is 0 Å². The van der Waals surface area contributed by atoms with Crippen molar-refractivity contribution in [3.05, 3.63) is 65.0 Å². The fourth-order valence-electron chi connectivity index (χ4n) is 3.99. The SMILES string of the molecule is CC(C)CNC(=O)Nc1ccc(C(=O)N2CCN(Cc3cccc(C(=O)NC(C)(C)C)c3)CC2)cc1F. The first-order valence-corrected chi connectivity index (χ1v) is 12.7. The molecule has 2 aromatic rings. The number of urea groups is 1. The summed E-state index contributed by atoms with van der Waals surface area (Å²) in [5.41, 5.74) is 1.62. The van der Waals surface area contributed by atoms with Crippen molar-refractivity contribution in [2.24, 2.45) is 5.92 Å². The van der Waals surface area contributed by atoms with E-state index in [-0.39, 0.29) is 34.5 Å². The Morgan fingerprint density at radius 3 is 2.30 bits per heavy atom. The zero-order valence-electron chi connectivity index (χ0n) is 22.4. The van der Waals surface area contributed by atoms with Crippen LogP contribution in [0, 0.1) is 11.7 Å². The molecule has 0 aliphatic carbocycles. The summed E-state index contributed by atoms with van der Waals surface area (Å²) >= 11 is 0. The standard InChI is InChI=1S/C28H38FN5O3/c1-19(2)17-30-27(37)31-24-10-9-22(16-23(24)29)26(36)34-13-11-33(12-14-34)18-20-7-6-8-21(15-20)25(35)32-28(3,4)5/h6-10,15-16,19H,11-14,17-18H2,1-5H3,(H,32,35)(H2,30,31,37). The Balaban J connectivity index is 1.53. The van der Waals surface area contributed by atoms with E-state index in [0.29, 0.717) is 44.8 Å². The van der Waals surface area contributed by atoms with Crippen LogP contribution in [0.4, 0.5) is 14.9 Å². The molecule has 1 saturated heterocycles. The number of rotatable bonds is 7. The molecule has 1 fully saturated rings. The lowest BCUT2D eigenvalue weighted by atomic mass is 10.1. The maximum absolute atomic E-state index is 14.6. The molecule has 0 radical (unpaired) electrons. The number of anilines is 1. The lowest BCUT2D eigenvalue weighted by Gasteiger charge is -2.35. The van der Waals surface area contributed by atoms with E-state index in [4.69, 9.17) is 0 Å². The topological polar surface area (TPSA) is 93.8 Å². The molecule has 4 amide bonds. The van der Waals surface area contributed by atoms with Crippen LogP contribution in [0.2, 0.25) is 0 Å². The van der Waals surface area contributed by atoms with E-state index in [0.717, 1.165) is 5.56 Å². The van der Waals surface area contributed by atoms with Gasteiger partial charge >= 0.3 is 6.03 Å². The van der Waals surface area contributed by atoms with Gasteiger partial charge in [-0.15, -0.1) is 0 Å². The molecule has 0 unspecified atom stereocenters. The van der Waals surface area contributed by atoms with E-state index < -0.39 is 11.8 Å². The van der Waals surface area contributed by atoms with Crippen LogP contribution < -0.4 is 16.0 Å². The van der Waals surface area contributed by atoms with Crippen molar-refractivity contribution in [2.75, 3.05) is 38.0 Å². The highest BCUT2D eigenvalue weighted by Crippen LogP contribution is 2.19. The molecule has 1 aliphatic rings. The predicted octanol–water partition coefficient (Wildman–Crippen LogP) is 4.09. The lowest BCUT2D eigenvalue weighted by Crippen LogP contribution is -2.48. The zero-order valence-corrected chi connectivity index (χ0v) is 22.4. The van der Waals surface area contributed by atoms with Crippen LogP contribution >= 0.6 is 0 Å². The highest BCUT2D eigenvalue weighted by molar-refractivity contribution is 5.96. The first-order valence-electron chi connectivity index (χ1n) is 12.7. The van der Waals surface area contributed by atoms with Gasteiger partial charge in [0.25, 0.3) is 11.8 Å². The van der Waals surface area contributed by atoms with Crippen LogP contribution in [-0.4, -0.2) is 65.9 Å². The summed E-state index contributed by atoms with van der Waals surface area (Å²) < 4.78 is 14.6. The van der Waals surface area contributed by atoms with Crippen LogP contribution in [-0.2, 0) is 6.54 Å². The molecule has 1 aliphatic heterocycles. The third kappa shape index (κ3) is 8.56. The maximum atomic E-state index is 14.6. The molecule has 1 heterocycles. The molecule has 0 atom stereocenters. The van der Waals surface area contributed by atoms with Crippen LogP contribution in [0.15, 0.2) is 42.5 Å². The van der Waals surface area contributed by atoms with E-state index >= 15 is 0 Å². The van der Waals surface area contributed by atoms with Crippen LogP contribution in [0.3, 0.4) is 0 Å². The van der Waals surface area contributed by atoms with Crippen molar-refractivity contribution < 1.29 is 18.8 Å². The highest BCUT2D eigenvalue weighted by atomic mass is 19.1. The van der Waals surface area contributed by atoms with Gasteiger partial charge in [0.1, 0.15) is 5.82 Å². The summed E-state index contributed by atoms with van der Waals surface area (Å²) in [5, 5.41) is 8.13. The molecular formula is C28H38FN5O3. The molecule has 37 heavy (non-hydrogen) atoms. The first-order chi connectivity index (χ1) is 17.4. The number of hydrogen-bond donors (Lipinski definition) is 3. The Kier molecular flexibility index (Phi) is 9.26. The normalized spacial score (nSPS) is 14.4. The molecule has 200 valence electrons. The molecule has 9 heteroatoms. The summed E-state index contributed by atoms with van der Waals surface area (Å²) in [4.78, 5) is 41.3. The number of nitrogens with one attached hydrogen (secondary N) is 3. The smallest absolute Gasteiger partial charge is 0.319 e. The summed E-state index contributed by atoms with van der Waals surface area (Å²) in [6.07, 6.45) is 0. The van der Waals surface area contributed by atoms with Crippen molar-refractivity contribution in [3.63, 3.8) is 0 Å². The molecule has 8 nitrogen and oxygen atoms in total. The average Bonchev–Trinajstić information content (AvgIpc) is 2.83. The summed E-state index contributed by atoms with van der Waals surface area (Å²) in [5.74, 6) is -0.717. The fourth-order valence-corrected chi connectivity index (χ4v) is 3.99. The van der Waals surface area contributed by atoms with Crippen LogP contribution in [0.1, 0.15) is 60.9 Å². The van der Waals surface area contributed by atoms with E-state index in [1.165, 1.54) is 18.2 Å². The first kappa shape index (κ1) is 28.1. The molecule has 0 bridgehead atoms. The quantitative estimate of drug-likeness (QED) is 0.522. The molecule has 3 rings (SSSR count). The van der Waals surface area contributed by atoms with E-state index in [2.05, 4.69) is 20.9 Å². The minimum atomic E-state index is -0.653. The number of benzene rings is 2. The van der Waals surface area contributed by atoms with Gasteiger partial charge in [0.15, 0.2) is 0 Å². The second-order valence-electron chi connectivity index (χ2n) is 10.9. The largest absolute Gasteiger partial charge is 0.347 e. The molecule has 3 N–H and O–H groups in total. The monoisotopic (exact) mass is 511 g/mol. The lowest BCUT2D eigenvalue weighted by molar-refractivity contribution is 0.0627. The van der Waals surface area contributed by atoms with Gasteiger partial charge in [0.2, 0.25) is 0 Å². The highest BCUT2D eigenvalue weighted by Gasteiger charge is 2.23. The minimum absolute atomic E-state index is 0.0287. The van der Waals surface area contributed by atoms with Crippen molar-refractivity contribution in [1.82, 2.24) is 20.4 Å². The van der Waals surface area contributed by atoms with E-state index in [1.54, 1.807) is 11.0 Å². The van der Waals surface area contributed by atoms with Crippen LogP contribution in [0.5, 0.6) is 0 Å². The molecule has 2 aromatic carbocycles. The number of piperazine rings is 1. The maximum Gasteiger partial charge on any atom is 0.319 e. The summed E-state index contributed by atoms with van der Waals surface area (Å²) in [6, 6.07) is 11.2. The van der Waals surface area contributed by atoms with Gasteiger partial charge in [-0.25, -0.2) is 9.18 Å². The van der Waals surface area contributed by atoms with E-state index in [9.17, 15) is 18.8 Å². The number of hydrogen-bond acceptors (Lipinski definition) is 4. The molecule has 0 saturated carbocycles. The fraction of sp³-hybridized carbons (Fsp3) is 0.464. The van der Waals surface area contributed by atoms with Crippen molar-refractivity contribution in [1.29, 1.82) is 0 Å². The second-order valence-corrected chi connectivity index (χ2v) is 10.9. The van der Waals surface area contributed by atoms with Gasteiger partial charge in [0.05, 0.1) is 5.69 Å². The molecule has 0 spiro atoms. The van der Waals surface area contributed by atoms with E-state index in [1.807, 2.05) is 52.8 Å². The Morgan fingerprint density at radius 1 is 0.973 bits per heavy atom. The Labute approximate surface area is 218 Å². The zero-order chi connectivity index (χ0) is 27.2. The summed E-state index contributed by atoms with van der Waals surface area (Å²) in [6.45, 7) is 13.3. The Bertz CT molecular complexity index is 1120. The Hall–Kier alpha value is -3.46. The van der Waals surface area contributed by atoms with Crippen molar-refractivity contribution in [2.45, 2.75) is 46.7 Å². The van der Waals surface area contributed by atoms with Crippen molar-refractivity contribution >= 4 is 23.5 Å². The van der Waals surface area contributed by atoms with Crippen molar-refractivity contribution in [3.8, 4) is 0 Å². The third-order valence-electron chi connectivity index (χ3n) is 5.88. The number of nitrogens with zero attached hydrogens (tertiary/aromatic N) is 2. The van der Waals surface area contributed by atoms with Gasteiger partial charge in [-0.1, -0.05) is 26.0 Å². The van der Waals surface area contributed by atoms with Gasteiger partial charge in [-0.2, -0.15) is 0 Å². The predicted molar refractivity (Wildman–Crippen MR) is 143 cm³/mol. The number of carbonyl (C=O) groups is 3. The minimum Gasteiger partial charge on any atom is -0.347 e. The summed E-state index contributed by atoms with van der Waals surface area (Å²) in [7, 11) is 0. The number of carbonyl (C=O) groups excluding carboxylic acids is 3. The van der Waals surface area contributed by atoms with Gasteiger partial charge in [-0.05, 0) is 62.6 Å².